The number of rotatable bonds is 0. The summed E-state index contributed by atoms with van der Waals surface area (Å²) < 4.78 is 4.89. The highest BCUT2D eigenvalue weighted by atomic mass is 14.9. The van der Waals surface area contributed by atoms with Gasteiger partial charge in [-0.05, 0) is 91.6 Å². The zero-order chi connectivity index (χ0) is 32.8. The first-order valence-electron chi connectivity index (χ1n) is 17.3. The smallest absolute Gasteiger partial charge is 0.0548 e. The molecule has 2 nitrogen and oxygen atoms in total. The van der Waals surface area contributed by atoms with Crippen LogP contribution in [0.1, 0.15) is 0 Å². The Labute approximate surface area is 287 Å². The fraction of sp³-hybridized carbons (Fsp3) is 0. The van der Waals surface area contributed by atoms with Crippen LogP contribution < -0.4 is 0 Å². The maximum atomic E-state index is 2.44. The van der Waals surface area contributed by atoms with Crippen LogP contribution in [0.15, 0.2) is 182 Å². The lowest BCUT2D eigenvalue weighted by Crippen LogP contribution is -1.86. The molecule has 0 saturated carbocycles. The summed E-state index contributed by atoms with van der Waals surface area (Å²) >= 11 is 0. The van der Waals surface area contributed by atoms with Crippen molar-refractivity contribution in [2.45, 2.75) is 0 Å². The largest absolute Gasteiger partial charge is 0.309 e. The molecule has 2 heteroatoms. The van der Waals surface area contributed by atoms with Gasteiger partial charge in [0.15, 0.2) is 0 Å². The molecule has 0 atom stereocenters. The second-order valence-electron chi connectivity index (χ2n) is 13.4. The molecule has 16 rings (SSSR count). The van der Waals surface area contributed by atoms with Gasteiger partial charge < -0.3 is 8.80 Å². The van der Waals surface area contributed by atoms with E-state index in [1.807, 2.05) is 0 Å². The molecule has 8 aromatic carbocycles. The van der Waals surface area contributed by atoms with E-state index in [4.69, 9.17) is 0 Å². The van der Waals surface area contributed by atoms with Crippen LogP contribution in [0.5, 0.6) is 0 Å². The van der Waals surface area contributed by atoms with Crippen LogP contribution in [0, 0.1) is 0 Å². The lowest BCUT2D eigenvalue weighted by atomic mass is 10.1. The Morgan fingerprint density at radius 1 is 0.240 bits per heavy atom. The normalized spacial score (nSPS) is 12.0. The molecule has 232 valence electrons. The van der Waals surface area contributed by atoms with Gasteiger partial charge in [-0.1, -0.05) is 133 Å². The number of hydrogen-bond donors (Lipinski definition) is 0. The quantitative estimate of drug-likeness (QED) is 0.157. The van der Waals surface area contributed by atoms with E-state index in [1.165, 1.54) is 86.7 Å². The van der Waals surface area contributed by atoms with Gasteiger partial charge in [0, 0.05) is 32.6 Å². The zero-order valence-corrected chi connectivity index (χ0v) is 27.2. The zero-order valence-electron chi connectivity index (χ0n) is 27.2. The number of para-hydroxylation sites is 2. The minimum Gasteiger partial charge on any atom is -0.309 e. The van der Waals surface area contributed by atoms with Crippen molar-refractivity contribution in [3.8, 4) is 0 Å². The first kappa shape index (κ1) is 27.3. The molecule has 0 radical (unpaired) electrons. The number of hydrogen-bond acceptors (Lipinski definition) is 0. The summed E-state index contributed by atoms with van der Waals surface area (Å²) in [5.74, 6) is 0. The number of fused-ring (bicyclic) bond motifs is 4. The van der Waals surface area contributed by atoms with Crippen LogP contribution >= 0.6 is 0 Å². The standard InChI is InChI=1S/C48H30N2/c1-3-13-43-41(11-1)47-45-27-28-46-48(47)42-12-2-4-14-44(42)50(46)40-10-6-8-38(30-40)36-25-21-34(22-26-36)32-17-15-31(16-18-32)33-19-23-35(24-20-33)37-7-5-9-39(29-37)49(43)45/h1-30H. The predicted molar refractivity (Wildman–Crippen MR) is 215 cm³/mol. The van der Waals surface area contributed by atoms with Crippen LogP contribution in [0.25, 0.3) is 97.7 Å². The number of benzene rings is 8. The predicted octanol–water partition coefficient (Wildman–Crippen LogP) is 13.1. The number of nitrogens with zero attached hydrogens (tertiary/aromatic N) is 2. The molecule has 0 amide bonds. The van der Waals surface area contributed by atoms with Gasteiger partial charge >= 0.3 is 0 Å². The Morgan fingerprint density at radius 2 is 0.580 bits per heavy atom. The second-order valence-corrected chi connectivity index (χ2v) is 13.4. The second kappa shape index (κ2) is 10.4. The summed E-state index contributed by atoms with van der Waals surface area (Å²) in [5.41, 5.74) is 7.15. The minimum atomic E-state index is 1.16. The highest BCUT2D eigenvalue weighted by Crippen LogP contribution is 2.40. The van der Waals surface area contributed by atoms with E-state index in [0.29, 0.717) is 0 Å². The molecule has 8 aromatic heterocycles. The molecule has 0 aliphatic carbocycles. The topological polar surface area (TPSA) is 8.82 Å². The molecule has 0 unspecified atom stereocenters. The third-order valence-electron chi connectivity index (χ3n) is 10.7. The summed E-state index contributed by atoms with van der Waals surface area (Å²) in [6.45, 7) is 0. The van der Waals surface area contributed by atoms with Crippen molar-refractivity contribution in [3.63, 3.8) is 0 Å². The highest BCUT2D eigenvalue weighted by Gasteiger charge is 2.17. The SMILES string of the molecule is c1ccc2c(c1)c1c3c4ccccc4n4c5cccc(c5)c5ccc(cc5)c5ccc(cc5)c5ccc(cc5)c5cccc(c5)n2c1ccc34. The van der Waals surface area contributed by atoms with E-state index in [0.717, 1.165) is 11.0 Å². The maximum Gasteiger partial charge on any atom is 0.0548 e. The van der Waals surface area contributed by atoms with Crippen molar-refractivity contribution in [3.05, 3.63) is 182 Å². The van der Waals surface area contributed by atoms with Crippen LogP contribution in [-0.4, -0.2) is 8.80 Å². The third-order valence-corrected chi connectivity index (χ3v) is 10.7. The average Bonchev–Trinajstić information content (AvgIpc) is 3.71. The molecular formula is C48H30N2. The summed E-state index contributed by atoms with van der Waals surface area (Å²) in [6.07, 6.45) is 0. The van der Waals surface area contributed by atoms with Gasteiger partial charge in [0.25, 0.3) is 0 Å². The molecule has 8 heterocycles. The van der Waals surface area contributed by atoms with Gasteiger partial charge in [-0.3, -0.25) is 0 Å². The summed E-state index contributed by atoms with van der Waals surface area (Å²) in [6, 6.07) is 67.2. The Hall–Kier alpha value is -6.64. The van der Waals surface area contributed by atoms with Gasteiger partial charge in [0.05, 0.1) is 22.1 Å². The molecule has 0 aliphatic rings. The fourth-order valence-electron chi connectivity index (χ4n) is 8.29. The van der Waals surface area contributed by atoms with Gasteiger partial charge in [0.2, 0.25) is 0 Å². The van der Waals surface area contributed by atoms with Crippen molar-refractivity contribution >= 4 is 97.7 Å². The molecule has 16 bridgehead atoms. The summed E-state index contributed by atoms with van der Waals surface area (Å²) in [5, 5.41) is 14.8. The highest BCUT2D eigenvalue weighted by molar-refractivity contribution is 6.28. The van der Waals surface area contributed by atoms with Crippen molar-refractivity contribution in [1.29, 1.82) is 0 Å². The van der Waals surface area contributed by atoms with E-state index in [-0.39, 0.29) is 0 Å². The summed E-state index contributed by atoms with van der Waals surface area (Å²) in [4.78, 5) is 0. The van der Waals surface area contributed by atoms with E-state index in [1.54, 1.807) is 0 Å². The molecule has 50 heavy (non-hydrogen) atoms. The van der Waals surface area contributed by atoms with Crippen LogP contribution in [0.3, 0.4) is 0 Å². The first-order chi connectivity index (χ1) is 24.8. The van der Waals surface area contributed by atoms with Crippen molar-refractivity contribution in [2.24, 2.45) is 0 Å². The summed E-state index contributed by atoms with van der Waals surface area (Å²) in [7, 11) is 0. The fourth-order valence-corrected chi connectivity index (χ4v) is 8.29. The number of aromatic nitrogens is 2. The average molecular weight is 635 g/mol. The molecule has 0 saturated heterocycles. The van der Waals surface area contributed by atoms with Gasteiger partial charge in [0.1, 0.15) is 0 Å². The van der Waals surface area contributed by atoms with Crippen LogP contribution in [0.2, 0.25) is 0 Å². The minimum absolute atomic E-state index is 1.16. The first-order valence-corrected chi connectivity index (χ1v) is 17.3. The third kappa shape index (κ3) is 3.96. The Balaban J connectivity index is 1.38. The van der Waals surface area contributed by atoms with Gasteiger partial charge in [-0.25, -0.2) is 0 Å². The molecule has 0 spiro atoms. The molecule has 0 fully saturated rings. The Kier molecular flexibility index (Phi) is 5.70. The lowest BCUT2D eigenvalue weighted by molar-refractivity contribution is 1.33. The van der Waals surface area contributed by atoms with Gasteiger partial charge in [-0.15, -0.1) is 0 Å². The molecule has 0 aliphatic heterocycles. The van der Waals surface area contributed by atoms with E-state index >= 15 is 0 Å². The lowest BCUT2D eigenvalue weighted by Gasteiger charge is -2.03. The maximum absolute atomic E-state index is 2.44. The van der Waals surface area contributed by atoms with Crippen molar-refractivity contribution < 1.29 is 0 Å². The van der Waals surface area contributed by atoms with E-state index in [2.05, 4.69) is 191 Å². The Bertz CT molecular complexity index is 3040. The van der Waals surface area contributed by atoms with Crippen LogP contribution in [0.4, 0.5) is 0 Å². The van der Waals surface area contributed by atoms with Crippen LogP contribution in [-0.2, 0) is 0 Å². The van der Waals surface area contributed by atoms with Crippen molar-refractivity contribution in [1.82, 2.24) is 8.80 Å². The van der Waals surface area contributed by atoms with E-state index < -0.39 is 0 Å². The molecular weight excluding hydrogens is 605 g/mol. The molecule has 0 N–H and O–H groups in total. The monoisotopic (exact) mass is 634 g/mol. The Morgan fingerprint density at radius 3 is 0.960 bits per heavy atom. The van der Waals surface area contributed by atoms with E-state index in [9.17, 15) is 0 Å². The van der Waals surface area contributed by atoms with Crippen molar-refractivity contribution in [2.75, 3.05) is 0 Å². The van der Waals surface area contributed by atoms with Gasteiger partial charge in [-0.2, -0.15) is 0 Å². The molecule has 16 aromatic rings.